The van der Waals surface area contributed by atoms with Gasteiger partial charge in [-0.2, -0.15) is 0 Å². The maximum atomic E-state index is 18.3. The number of hydrogen-bond donors (Lipinski definition) is 16. The molecule has 32 atom stereocenters. The number of nitrogens with one attached hydrogen (secondary N) is 16. The molecule has 0 spiro atoms. The third-order valence-corrected chi connectivity index (χ3v) is 28.8. The number of esters is 8. The van der Waals surface area contributed by atoms with Gasteiger partial charge in [0.05, 0.1) is 195 Å². The van der Waals surface area contributed by atoms with E-state index in [0.717, 1.165) is 0 Å². The Balaban J connectivity index is 0.940. The highest BCUT2D eigenvalue weighted by molar-refractivity contribution is 5.94. The smallest absolute Gasteiger partial charge is 0.338 e. The van der Waals surface area contributed by atoms with Crippen LogP contribution >= 0.6 is 0 Å². The van der Waals surface area contributed by atoms with Gasteiger partial charge in [0.2, 0.25) is 0 Å². The highest BCUT2D eigenvalue weighted by atomic mass is 19.2. The van der Waals surface area contributed by atoms with E-state index >= 15 is 35.1 Å². The molecule has 768 valence electrons. The summed E-state index contributed by atoms with van der Waals surface area (Å²) in [7, 11) is 0. The summed E-state index contributed by atoms with van der Waals surface area (Å²) < 4.78 is 185. The van der Waals surface area contributed by atoms with Crippen LogP contribution in [-0.4, -0.2) is 248 Å². The number of halogens is 8. The van der Waals surface area contributed by atoms with Crippen LogP contribution in [0, 0.1) is 47.3 Å². The molecule has 5 aliphatic heterocycles. The van der Waals surface area contributed by atoms with E-state index < -0.39 is 242 Å². The van der Waals surface area contributed by atoms with Crippen molar-refractivity contribution in [2.45, 2.75) is 202 Å². The molecular weight excluding hydrogens is 1880 g/mol. The number of carbonyl (C=O) groups is 8. The minimum absolute atomic E-state index is 0.0312. The van der Waals surface area contributed by atoms with Crippen molar-refractivity contribution in [2.24, 2.45) is 47.3 Å². The van der Waals surface area contributed by atoms with Gasteiger partial charge in [0.15, 0.2) is 24.7 Å². The van der Waals surface area contributed by atoms with Gasteiger partial charge in [-0.05, 0) is 250 Å². The Morgan fingerprint density at radius 2 is 0.292 bits per heavy atom. The Bertz CT molecular complexity index is 5450. The number of benzene rings is 8. The third kappa shape index (κ3) is 21.3. The summed E-state index contributed by atoms with van der Waals surface area (Å²) in [6, 6.07) is 43.0. The van der Waals surface area contributed by atoms with Crippen LogP contribution in [0.2, 0.25) is 0 Å². The minimum atomic E-state index is -3.11. The van der Waals surface area contributed by atoms with Crippen LogP contribution in [-0.2, 0) is 37.9 Å². The Morgan fingerprint density at radius 3 is 0.410 bits per heavy atom. The molecule has 4 aliphatic carbocycles. The average molecular weight is 2000 g/mol. The van der Waals surface area contributed by atoms with Crippen LogP contribution in [0.25, 0.3) is 0 Å². The van der Waals surface area contributed by atoms with Crippen molar-refractivity contribution in [3.63, 3.8) is 0 Å². The van der Waals surface area contributed by atoms with E-state index in [1.807, 2.05) is 0 Å². The molecule has 32 nitrogen and oxygen atoms in total. The Kier molecular flexibility index (Phi) is 32.1. The largest absolute Gasteiger partial charge is 0.462 e. The maximum Gasteiger partial charge on any atom is 0.338 e. The molecule has 8 aromatic carbocycles. The van der Waals surface area contributed by atoms with Gasteiger partial charge in [-0.25, -0.2) is 73.5 Å². The summed E-state index contributed by atoms with van der Waals surface area (Å²) in [6.45, 7) is 13.6. The molecule has 32 unspecified atom stereocenters. The summed E-state index contributed by atoms with van der Waals surface area (Å²) >= 11 is 0. The highest BCUT2D eigenvalue weighted by Gasteiger charge is 2.69. The van der Waals surface area contributed by atoms with Crippen molar-refractivity contribution in [3.8, 4) is 0 Å². The number of ether oxygens (including phenoxy) is 8. The molecule has 40 heteroatoms. The number of anilines is 8. The van der Waals surface area contributed by atoms with Gasteiger partial charge in [0, 0.05) is 92.8 Å². The molecule has 8 bridgehead atoms. The fraction of sp³-hybridized carbons (Fsp3) is 0.462. The molecule has 0 aromatic heterocycles. The first-order chi connectivity index (χ1) is 69.6. The normalized spacial score (nSPS) is 32.1. The molecule has 144 heavy (non-hydrogen) atoms. The van der Waals surface area contributed by atoms with E-state index in [1.54, 1.807) is 250 Å². The van der Waals surface area contributed by atoms with Gasteiger partial charge in [-0.15, -0.1) is 0 Å². The lowest BCUT2D eigenvalue weighted by atomic mass is 9.65. The average Bonchev–Trinajstić information content (AvgIpc) is 1.54. The van der Waals surface area contributed by atoms with E-state index in [1.165, 1.54) is 0 Å². The molecule has 5 saturated heterocycles. The van der Waals surface area contributed by atoms with E-state index in [2.05, 4.69) is 85.1 Å². The summed E-state index contributed by atoms with van der Waals surface area (Å²) in [5.41, 5.74) is 4.54. The summed E-state index contributed by atoms with van der Waals surface area (Å²) in [5.74, 6) is -17.1. The van der Waals surface area contributed by atoms with Gasteiger partial charge >= 0.3 is 47.8 Å². The second kappa shape index (κ2) is 45.1. The minimum Gasteiger partial charge on any atom is -0.462 e. The van der Waals surface area contributed by atoms with Gasteiger partial charge in [-0.1, -0.05) is 0 Å². The second-order valence-corrected chi connectivity index (χ2v) is 37.1. The fourth-order valence-corrected chi connectivity index (χ4v) is 22.6. The first-order valence-electron chi connectivity index (χ1n) is 49.1. The molecule has 16 N–H and O–H groups in total. The van der Waals surface area contributed by atoms with Crippen LogP contribution < -0.4 is 85.1 Å². The van der Waals surface area contributed by atoms with Gasteiger partial charge in [0.25, 0.3) is 0 Å². The van der Waals surface area contributed by atoms with E-state index in [4.69, 9.17) is 37.9 Å². The van der Waals surface area contributed by atoms with E-state index in [9.17, 15) is 38.4 Å². The fourth-order valence-electron chi connectivity index (χ4n) is 22.6. The predicted octanol–water partition coefficient (Wildman–Crippen LogP) is 12.3. The van der Waals surface area contributed by atoms with Crippen LogP contribution in [0.3, 0.4) is 0 Å². The van der Waals surface area contributed by atoms with Crippen molar-refractivity contribution in [1.82, 2.24) is 42.5 Å². The van der Waals surface area contributed by atoms with Gasteiger partial charge in [-0.3, -0.25) is 42.5 Å². The van der Waals surface area contributed by atoms with Gasteiger partial charge < -0.3 is 80.4 Å². The van der Waals surface area contributed by atoms with Crippen molar-refractivity contribution in [1.29, 1.82) is 0 Å². The lowest BCUT2D eigenvalue weighted by Crippen LogP contribution is -2.72. The molecule has 8 aromatic rings. The van der Waals surface area contributed by atoms with Crippen LogP contribution in [0.15, 0.2) is 194 Å². The summed E-state index contributed by atoms with van der Waals surface area (Å²) in [6.07, 6.45) is -35.8. The number of fused-ring (bicyclic) bond motifs is 20. The number of rotatable bonds is 32. The molecule has 5 heterocycles. The highest BCUT2D eigenvalue weighted by Crippen LogP contribution is 2.53. The zero-order valence-corrected chi connectivity index (χ0v) is 80.2. The Morgan fingerprint density at radius 1 is 0.181 bits per heavy atom. The van der Waals surface area contributed by atoms with Crippen LogP contribution in [0.4, 0.5) is 80.6 Å². The third-order valence-electron chi connectivity index (χ3n) is 28.8. The Labute approximate surface area is 827 Å². The number of hydrogen-bond acceptors (Lipinski definition) is 32. The topological polar surface area (TPSA) is 403 Å². The molecule has 9 fully saturated rings. The van der Waals surface area contributed by atoms with E-state index in [0.29, 0.717) is 45.5 Å². The number of alkyl halides is 8. The van der Waals surface area contributed by atoms with E-state index in [-0.39, 0.29) is 97.4 Å². The van der Waals surface area contributed by atoms with Crippen LogP contribution in [0.5, 0.6) is 0 Å². The lowest BCUT2D eigenvalue weighted by molar-refractivity contribution is -0.0871. The first kappa shape index (κ1) is 102. The number of carbonyl (C=O) groups excluding carboxylic acids is 8. The van der Waals surface area contributed by atoms with Crippen molar-refractivity contribution < 1.29 is 111 Å². The van der Waals surface area contributed by atoms with Gasteiger partial charge in [0.1, 0.15) is 24.7 Å². The Hall–Kier alpha value is -13.0. The summed E-state index contributed by atoms with van der Waals surface area (Å²) in [5, 5.41) is 60.1. The SMILES string of the molecule is CCOC(=O)c1ccc(NC2C(Nc3ccc(C(=O)OCC)cc3)C(Nc3ccc(C(=O)OCC)cc3)C3C4NC(NC5NC(NC6NC(NC7NC(N4)C4C(Nc8ccc(C(=O)OCC)cc8)C(Nc8ccc(C(=O)OCC)cc8)C(Nc8ccc(C(=O)OCC)cc8)C(Nc8ccc(C(=O)OCC)cc8)C74)C4C(F)C(F)C(F)C(F)C64)C4C(F)C(F)C(F)C(F)C54)C3C2Nc2ccc(C(=O)OCC)cc2)cc1. The quantitative estimate of drug-likeness (QED) is 0.0106. The molecule has 9 aliphatic rings. The molecule has 17 rings (SSSR count). The monoisotopic (exact) mass is 2000 g/mol. The van der Waals surface area contributed by atoms with Crippen LogP contribution in [0.1, 0.15) is 138 Å². The first-order valence-corrected chi connectivity index (χ1v) is 49.1. The standard InChI is InChI=1S/C104H120F8N16O16/c1-9-137-97(129)49-17-33-57(34-18-49)113-81-69-71(83(115-59-37-21-51(22-38-59)99(131)139-11-3)87(119-63-45-29-55(30-46-63)103(135)143-15-7)85(81)117-61-41-25-53(26-42-61)101(133)141-13-5)95-126-93(69)124-91-67-65(73(105)77(109)79(111)75(67)107)89(122-91)121-90-66-68(76(108)80(112)78(110)74(66)106)92(123-90)125-94-70-72(96(127-94)128-95)84(116-60-39-23-52(24-40-60)100(132)140-12-4)88(120-64-47-31-56(32-48-64)104(136)144-16-8)86(118-62-43-27-54(28-44-62)102(134)142-14-6)82(70)114-58-35-19-50(20-36-58)98(130)138-10-2/h17-48,65-96,113-128H,9-16H2,1-8H3. The molecular formula is C104H120F8N16O16. The van der Waals surface area contributed by atoms with Crippen molar-refractivity contribution >= 4 is 93.3 Å². The predicted molar refractivity (Wildman–Crippen MR) is 521 cm³/mol. The zero-order valence-electron chi connectivity index (χ0n) is 80.2. The lowest BCUT2D eigenvalue weighted by Gasteiger charge is -2.54. The second-order valence-electron chi connectivity index (χ2n) is 37.1. The molecule has 0 amide bonds. The zero-order chi connectivity index (χ0) is 102. The molecule has 4 saturated carbocycles. The summed E-state index contributed by atoms with van der Waals surface area (Å²) in [4.78, 5) is 110. The molecule has 0 radical (unpaired) electrons. The van der Waals surface area contributed by atoms with Crippen molar-refractivity contribution in [3.05, 3.63) is 239 Å². The maximum absolute atomic E-state index is 18.3. The van der Waals surface area contributed by atoms with Crippen molar-refractivity contribution in [2.75, 3.05) is 95.4 Å².